The SMILES string of the molecule is CN(C)C(CNC(=O)c1cccc(NS(=O)(=O)c2ccccc2)c1)c1ccco1. The van der Waals surface area contributed by atoms with Gasteiger partial charge in [0.2, 0.25) is 0 Å². The smallest absolute Gasteiger partial charge is 0.261 e. The maximum absolute atomic E-state index is 12.6. The lowest BCUT2D eigenvalue weighted by Crippen LogP contribution is -2.34. The number of carbonyl (C=O) groups is 1. The van der Waals surface area contributed by atoms with E-state index in [9.17, 15) is 13.2 Å². The fraction of sp³-hybridized carbons (Fsp3) is 0.190. The summed E-state index contributed by atoms with van der Waals surface area (Å²) in [5.41, 5.74) is 0.673. The van der Waals surface area contributed by atoms with Crippen molar-refractivity contribution < 1.29 is 17.6 Å². The normalized spacial score (nSPS) is 12.5. The Labute approximate surface area is 170 Å². The van der Waals surface area contributed by atoms with Gasteiger partial charge in [-0.25, -0.2) is 8.42 Å². The average molecular weight is 413 g/mol. The summed E-state index contributed by atoms with van der Waals surface area (Å²) >= 11 is 0. The molecule has 0 spiro atoms. The average Bonchev–Trinajstić information content (AvgIpc) is 3.23. The van der Waals surface area contributed by atoms with Crippen molar-refractivity contribution in [3.63, 3.8) is 0 Å². The number of amides is 1. The number of likely N-dealkylation sites (N-methyl/N-ethyl adjacent to an activating group) is 1. The molecule has 0 aliphatic heterocycles. The molecule has 3 rings (SSSR count). The third-order valence-electron chi connectivity index (χ3n) is 4.38. The summed E-state index contributed by atoms with van der Waals surface area (Å²) in [6.45, 7) is 0.347. The third-order valence-corrected chi connectivity index (χ3v) is 5.78. The fourth-order valence-electron chi connectivity index (χ4n) is 2.85. The Hall–Kier alpha value is -3.10. The van der Waals surface area contributed by atoms with Crippen molar-refractivity contribution in [1.82, 2.24) is 10.2 Å². The van der Waals surface area contributed by atoms with Gasteiger partial charge < -0.3 is 9.73 Å². The van der Waals surface area contributed by atoms with E-state index in [1.54, 1.807) is 48.7 Å². The molecule has 0 bridgehead atoms. The molecule has 1 amide bonds. The largest absolute Gasteiger partial charge is 0.468 e. The second-order valence-electron chi connectivity index (χ2n) is 6.70. The summed E-state index contributed by atoms with van der Waals surface area (Å²) in [7, 11) is 0.0791. The summed E-state index contributed by atoms with van der Waals surface area (Å²) in [6.07, 6.45) is 1.59. The van der Waals surface area contributed by atoms with Crippen molar-refractivity contribution in [3.8, 4) is 0 Å². The highest BCUT2D eigenvalue weighted by molar-refractivity contribution is 7.92. The maximum atomic E-state index is 12.6. The van der Waals surface area contributed by atoms with Crippen LogP contribution >= 0.6 is 0 Å². The number of nitrogens with zero attached hydrogens (tertiary/aromatic N) is 1. The van der Waals surface area contributed by atoms with Crippen LogP contribution in [-0.2, 0) is 10.0 Å². The summed E-state index contributed by atoms with van der Waals surface area (Å²) < 4.78 is 32.9. The molecule has 1 aromatic heterocycles. The van der Waals surface area contributed by atoms with Gasteiger partial charge in [0.15, 0.2) is 0 Å². The van der Waals surface area contributed by atoms with E-state index in [1.165, 1.54) is 18.2 Å². The van der Waals surface area contributed by atoms with E-state index in [1.807, 2.05) is 25.1 Å². The minimum atomic E-state index is -3.72. The summed E-state index contributed by atoms with van der Waals surface area (Å²) in [5, 5.41) is 2.87. The number of hydrogen-bond donors (Lipinski definition) is 2. The lowest BCUT2D eigenvalue weighted by atomic mass is 10.1. The molecule has 2 aromatic carbocycles. The standard InChI is InChI=1S/C21H23N3O4S/c1-24(2)19(20-12-7-13-28-20)15-22-21(25)16-8-6-9-17(14-16)23-29(26,27)18-10-4-3-5-11-18/h3-14,19,23H,15H2,1-2H3,(H,22,25). The number of anilines is 1. The van der Waals surface area contributed by atoms with Gasteiger partial charge in [0.1, 0.15) is 5.76 Å². The van der Waals surface area contributed by atoms with Crippen molar-refractivity contribution in [2.24, 2.45) is 0 Å². The molecule has 3 aromatic rings. The van der Waals surface area contributed by atoms with Gasteiger partial charge in [0.05, 0.1) is 17.2 Å². The summed E-state index contributed by atoms with van der Waals surface area (Å²) in [6, 6.07) is 18.0. The second-order valence-corrected chi connectivity index (χ2v) is 8.39. The van der Waals surface area contributed by atoms with Crippen molar-refractivity contribution in [2.75, 3.05) is 25.4 Å². The Kier molecular flexibility index (Phi) is 6.36. The Morgan fingerprint density at radius 3 is 2.45 bits per heavy atom. The monoisotopic (exact) mass is 413 g/mol. The quantitative estimate of drug-likeness (QED) is 0.592. The van der Waals surface area contributed by atoms with Gasteiger partial charge in [0, 0.05) is 17.8 Å². The zero-order chi connectivity index (χ0) is 20.9. The molecule has 1 unspecified atom stereocenters. The third kappa shape index (κ3) is 5.24. The number of sulfonamides is 1. The Morgan fingerprint density at radius 1 is 1.03 bits per heavy atom. The first-order valence-electron chi connectivity index (χ1n) is 9.03. The minimum Gasteiger partial charge on any atom is -0.468 e. The van der Waals surface area contributed by atoms with Crippen LogP contribution in [0.5, 0.6) is 0 Å². The molecule has 0 radical (unpaired) electrons. The van der Waals surface area contributed by atoms with Gasteiger partial charge in [0.25, 0.3) is 15.9 Å². The lowest BCUT2D eigenvalue weighted by Gasteiger charge is -2.22. The molecule has 8 heteroatoms. The van der Waals surface area contributed by atoms with Crippen molar-refractivity contribution in [3.05, 3.63) is 84.3 Å². The number of nitrogens with one attached hydrogen (secondary N) is 2. The van der Waals surface area contributed by atoms with Crippen LogP contribution < -0.4 is 10.0 Å². The number of rotatable bonds is 8. The van der Waals surface area contributed by atoms with Gasteiger partial charge >= 0.3 is 0 Å². The van der Waals surface area contributed by atoms with Gasteiger partial charge in [-0.1, -0.05) is 24.3 Å². The fourth-order valence-corrected chi connectivity index (χ4v) is 3.92. The highest BCUT2D eigenvalue weighted by Crippen LogP contribution is 2.19. The van der Waals surface area contributed by atoms with E-state index < -0.39 is 10.0 Å². The maximum Gasteiger partial charge on any atom is 0.261 e. The van der Waals surface area contributed by atoms with Gasteiger partial charge in [-0.05, 0) is 56.6 Å². The Balaban J connectivity index is 1.69. The molecular weight excluding hydrogens is 390 g/mol. The van der Waals surface area contributed by atoms with Crippen LogP contribution in [0.4, 0.5) is 5.69 Å². The van der Waals surface area contributed by atoms with E-state index in [2.05, 4.69) is 10.0 Å². The van der Waals surface area contributed by atoms with Crippen molar-refractivity contribution in [2.45, 2.75) is 10.9 Å². The number of benzene rings is 2. The summed E-state index contributed by atoms with van der Waals surface area (Å²) in [5.74, 6) is 0.448. The molecule has 0 aliphatic carbocycles. The topological polar surface area (TPSA) is 91.7 Å². The van der Waals surface area contributed by atoms with Gasteiger partial charge in [-0.3, -0.25) is 14.4 Å². The summed E-state index contributed by atoms with van der Waals surface area (Å²) in [4.78, 5) is 14.7. The second kappa shape index (κ2) is 8.93. The Morgan fingerprint density at radius 2 is 1.79 bits per heavy atom. The van der Waals surface area contributed by atoms with E-state index in [0.717, 1.165) is 5.76 Å². The van der Waals surface area contributed by atoms with Gasteiger partial charge in [-0.2, -0.15) is 0 Å². The van der Waals surface area contributed by atoms with Crippen molar-refractivity contribution in [1.29, 1.82) is 0 Å². The van der Waals surface area contributed by atoms with Crippen LogP contribution in [0.25, 0.3) is 0 Å². The molecule has 2 N–H and O–H groups in total. The van der Waals surface area contributed by atoms with E-state index in [4.69, 9.17) is 4.42 Å². The van der Waals surface area contributed by atoms with E-state index >= 15 is 0 Å². The predicted molar refractivity (Wildman–Crippen MR) is 111 cm³/mol. The first-order valence-corrected chi connectivity index (χ1v) is 10.5. The highest BCUT2D eigenvalue weighted by Gasteiger charge is 2.19. The zero-order valence-electron chi connectivity index (χ0n) is 16.2. The molecule has 1 atom stereocenters. The van der Waals surface area contributed by atoms with Crippen LogP contribution in [0.1, 0.15) is 22.2 Å². The predicted octanol–water partition coefficient (Wildman–Crippen LogP) is 3.11. The van der Waals surface area contributed by atoms with Gasteiger partial charge in [-0.15, -0.1) is 0 Å². The molecule has 152 valence electrons. The van der Waals surface area contributed by atoms with Crippen molar-refractivity contribution >= 4 is 21.6 Å². The van der Waals surface area contributed by atoms with Crippen LogP contribution in [0.2, 0.25) is 0 Å². The molecule has 7 nitrogen and oxygen atoms in total. The Bertz CT molecular complexity index is 1050. The molecule has 0 aliphatic rings. The molecule has 1 heterocycles. The number of carbonyl (C=O) groups excluding carboxylic acids is 1. The van der Waals surface area contributed by atoms with E-state index in [-0.39, 0.29) is 16.8 Å². The number of hydrogen-bond acceptors (Lipinski definition) is 5. The zero-order valence-corrected chi connectivity index (χ0v) is 17.0. The minimum absolute atomic E-state index is 0.117. The molecule has 0 saturated heterocycles. The molecular formula is C21H23N3O4S. The van der Waals surface area contributed by atoms with Crippen LogP contribution in [-0.4, -0.2) is 39.9 Å². The number of furan rings is 1. The molecule has 0 saturated carbocycles. The van der Waals surface area contributed by atoms with E-state index in [0.29, 0.717) is 17.8 Å². The first-order chi connectivity index (χ1) is 13.9. The molecule has 29 heavy (non-hydrogen) atoms. The highest BCUT2D eigenvalue weighted by atomic mass is 32.2. The van der Waals surface area contributed by atoms with Crippen LogP contribution in [0.3, 0.4) is 0 Å². The van der Waals surface area contributed by atoms with Crippen LogP contribution in [0, 0.1) is 0 Å². The van der Waals surface area contributed by atoms with Crippen LogP contribution in [0.15, 0.2) is 82.3 Å². The lowest BCUT2D eigenvalue weighted by molar-refractivity contribution is 0.0939. The molecule has 0 fully saturated rings. The first kappa shape index (κ1) is 20.6.